The number of benzene rings is 3. The minimum atomic E-state index is -1.21. The summed E-state index contributed by atoms with van der Waals surface area (Å²) in [4.78, 5) is 26.7. The highest BCUT2D eigenvalue weighted by molar-refractivity contribution is 9.10. The molecule has 3 aromatic carbocycles. The van der Waals surface area contributed by atoms with Gasteiger partial charge in [0, 0.05) is 16.4 Å². The summed E-state index contributed by atoms with van der Waals surface area (Å²) in [6, 6.07) is 19.3. The van der Waals surface area contributed by atoms with Crippen LogP contribution in [0.4, 0.5) is 4.79 Å². The van der Waals surface area contributed by atoms with Crippen molar-refractivity contribution in [2.45, 2.75) is 31.8 Å². The van der Waals surface area contributed by atoms with Crippen LogP contribution in [0.5, 0.6) is 0 Å². The van der Waals surface area contributed by atoms with Gasteiger partial charge in [0.15, 0.2) is 6.04 Å². The summed E-state index contributed by atoms with van der Waals surface area (Å²) in [5, 5.41) is 10.5. The number of hydrogen-bond donors (Lipinski definition) is 1. The quantitative estimate of drug-likeness (QED) is 0.378. The number of nitrogens with zero attached hydrogens (tertiary/aromatic N) is 1. The summed E-state index contributed by atoms with van der Waals surface area (Å²) >= 11 is 9.41. The normalized spacial score (nSPS) is 13.4. The molecule has 0 heterocycles. The topological polar surface area (TPSA) is 66.8 Å². The third kappa shape index (κ3) is 4.50. The number of carbonyl (C=O) groups excluding carboxylic acids is 1. The van der Waals surface area contributed by atoms with E-state index >= 15 is 0 Å². The van der Waals surface area contributed by atoms with Crippen LogP contribution in [0.15, 0.2) is 71.2 Å². The predicted octanol–water partition coefficient (Wildman–Crippen LogP) is 6.89. The van der Waals surface area contributed by atoms with Gasteiger partial charge < -0.3 is 9.84 Å². The van der Waals surface area contributed by atoms with Crippen LogP contribution in [-0.2, 0) is 9.53 Å². The molecule has 1 atom stereocenters. The summed E-state index contributed by atoms with van der Waals surface area (Å²) in [6.45, 7) is 3.65. The lowest BCUT2D eigenvalue weighted by Gasteiger charge is -2.32. The SMILES string of the molecule is CC(C)N(C(=O)OCC1c2ccccc2-c2ccccc21)C(C(=O)O)c1ccc(Cl)c(Br)c1. The largest absolute Gasteiger partial charge is 0.479 e. The molecule has 0 spiro atoms. The molecule has 3 aromatic rings. The van der Waals surface area contributed by atoms with Crippen molar-refractivity contribution in [1.29, 1.82) is 0 Å². The zero-order chi connectivity index (χ0) is 23.7. The molecule has 1 unspecified atom stereocenters. The lowest BCUT2D eigenvalue weighted by molar-refractivity contribution is -0.143. The second-order valence-corrected chi connectivity index (χ2v) is 9.48. The number of hydrogen-bond acceptors (Lipinski definition) is 3. The number of aliphatic carboxylic acids is 1. The number of fused-ring (bicyclic) bond motifs is 3. The molecule has 1 amide bonds. The number of carboxylic acids is 1. The van der Waals surface area contributed by atoms with E-state index in [0.717, 1.165) is 22.3 Å². The van der Waals surface area contributed by atoms with Gasteiger partial charge in [-0.15, -0.1) is 0 Å². The first-order chi connectivity index (χ1) is 15.8. The van der Waals surface area contributed by atoms with Crippen LogP contribution in [0, 0.1) is 0 Å². The Morgan fingerprint density at radius 1 is 1.03 bits per heavy atom. The first kappa shape index (κ1) is 23.3. The number of carbonyl (C=O) groups is 2. The van der Waals surface area contributed by atoms with Crippen molar-refractivity contribution in [3.63, 3.8) is 0 Å². The molecule has 0 bridgehead atoms. The van der Waals surface area contributed by atoms with Gasteiger partial charge in [-0.25, -0.2) is 9.59 Å². The minimum Gasteiger partial charge on any atom is -0.479 e. The number of ether oxygens (including phenoxy) is 1. The molecule has 170 valence electrons. The Morgan fingerprint density at radius 3 is 2.12 bits per heavy atom. The van der Waals surface area contributed by atoms with Gasteiger partial charge in [0.25, 0.3) is 0 Å². The van der Waals surface area contributed by atoms with E-state index in [1.807, 2.05) is 36.4 Å². The summed E-state index contributed by atoms with van der Waals surface area (Å²) in [5.41, 5.74) is 4.88. The highest BCUT2D eigenvalue weighted by Crippen LogP contribution is 2.44. The smallest absolute Gasteiger partial charge is 0.411 e. The van der Waals surface area contributed by atoms with Crippen molar-refractivity contribution in [2.24, 2.45) is 0 Å². The number of amides is 1. The Kier molecular flexibility index (Phi) is 6.77. The van der Waals surface area contributed by atoms with Crippen LogP contribution in [0.2, 0.25) is 5.02 Å². The maximum atomic E-state index is 13.2. The van der Waals surface area contributed by atoms with E-state index in [0.29, 0.717) is 15.1 Å². The zero-order valence-electron chi connectivity index (χ0n) is 18.2. The first-order valence-corrected chi connectivity index (χ1v) is 11.8. The van der Waals surface area contributed by atoms with E-state index in [-0.39, 0.29) is 12.5 Å². The molecule has 0 aromatic heterocycles. The Hall–Kier alpha value is -2.83. The molecule has 0 fully saturated rings. The Morgan fingerprint density at radius 2 is 1.61 bits per heavy atom. The molecule has 0 radical (unpaired) electrons. The number of rotatable bonds is 6. The molecule has 1 aliphatic carbocycles. The van der Waals surface area contributed by atoms with Gasteiger partial charge in [-0.05, 0) is 69.7 Å². The fraction of sp³-hybridized carbons (Fsp3) is 0.231. The van der Waals surface area contributed by atoms with Gasteiger partial charge in [-0.3, -0.25) is 4.90 Å². The van der Waals surface area contributed by atoms with E-state index < -0.39 is 24.1 Å². The third-order valence-corrected chi connectivity index (χ3v) is 7.09. The number of carboxylic acid groups (broad SMARTS) is 1. The fourth-order valence-corrected chi connectivity index (χ4v) is 4.90. The third-order valence-electron chi connectivity index (χ3n) is 5.87. The summed E-state index contributed by atoms with van der Waals surface area (Å²) in [6.07, 6.45) is -0.676. The molecule has 33 heavy (non-hydrogen) atoms. The van der Waals surface area contributed by atoms with Crippen molar-refractivity contribution in [3.8, 4) is 11.1 Å². The van der Waals surface area contributed by atoms with Crippen molar-refractivity contribution in [2.75, 3.05) is 6.61 Å². The zero-order valence-corrected chi connectivity index (χ0v) is 20.5. The lowest BCUT2D eigenvalue weighted by atomic mass is 9.98. The van der Waals surface area contributed by atoms with Crippen molar-refractivity contribution in [3.05, 3.63) is 92.9 Å². The highest BCUT2D eigenvalue weighted by atomic mass is 79.9. The second kappa shape index (κ2) is 9.57. The summed E-state index contributed by atoms with van der Waals surface area (Å²) in [7, 11) is 0. The standard InChI is InChI=1S/C26H23BrClNO4/c1-15(2)29(24(25(30)31)16-11-12-23(28)22(27)13-16)26(32)33-14-21-19-9-5-3-7-17(19)18-8-4-6-10-20(18)21/h3-13,15,21,24H,14H2,1-2H3,(H,30,31). The lowest BCUT2D eigenvalue weighted by Crippen LogP contribution is -2.44. The van der Waals surface area contributed by atoms with Gasteiger partial charge in [0.05, 0.1) is 5.02 Å². The van der Waals surface area contributed by atoms with Gasteiger partial charge >= 0.3 is 12.1 Å². The van der Waals surface area contributed by atoms with Crippen LogP contribution in [0.3, 0.4) is 0 Å². The average Bonchev–Trinajstić information content (AvgIpc) is 3.11. The summed E-state index contributed by atoms with van der Waals surface area (Å²) < 4.78 is 6.31. The first-order valence-electron chi connectivity index (χ1n) is 10.6. The van der Waals surface area contributed by atoms with Crippen LogP contribution in [0.1, 0.15) is 42.5 Å². The Labute approximate surface area is 206 Å². The predicted molar refractivity (Wildman–Crippen MR) is 132 cm³/mol. The molecule has 0 saturated carbocycles. The molecule has 5 nitrogen and oxygen atoms in total. The fourth-order valence-electron chi connectivity index (χ4n) is 4.39. The van der Waals surface area contributed by atoms with Crippen molar-refractivity contribution < 1.29 is 19.4 Å². The van der Waals surface area contributed by atoms with Gasteiger partial charge in [-0.1, -0.05) is 66.2 Å². The monoisotopic (exact) mass is 527 g/mol. The van der Waals surface area contributed by atoms with E-state index in [1.54, 1.807) is 32.0 Å². The highest BCUT2D eigenvalue weighted by Gasteiger charge is 2.36. The van der Waals surface area contributed by atoms with Gasteiger partial charge in [0.2, 0.25) is 0 Å². The van der Waals surface area contributed by atoms with Crippen LogP contribution in [-0.4, -0.2) is 34.7 Å². The maximum absolute atomic E-state index is 13.2. The van der Waals surface area contributed by atoms with Gasteiger partial charge in [-0.2, -0.15) is 0 Å². The Balaban J connectivity index is 1.60. The second-order valence-electron chi connectivity index (χ2n) is 8.22. The van der Waals surface area contributed by atoms with Crippen LogP contribution < -0.4 is 0 Å². The molecule has 1 N–H and O–H groups in total. The molecule has 4 rings (SSSR count). The van der Waals surface area contributed by atoms with Crippen molar-refractivity contribution in [1.82, 2.24) is 4.90 Å². The van der Waals surface area contributed by atoms with E-state index in [2.05, 4.69) is 28.1 Å². The molecule has 0 saturated heterocycles. The summed E-state index contributed by atoms with van der Waals surface area (Å²) in [5.74, 6) is -1.25. The van der Waals surface area contributed by atoms with Crippen LogP contribution >= 0.6 is 27.5 Å². The maximum Gasteiger partial charge on any atom is 0.411 e. The van der Waals surface area contributed by atoms with E-state index in [1.165, 1.54) is 4.90 Å². The molecular formula is C26H23BrClNO4. The minimum absolute atomic E-state index is 0.108. The molecule has 7 heteroatoms. The van der Waals surface area contributed by atoms with E-state index in [4.69, 9.17) is 16.3 Å². The van der Waals surface area contributed by atoms with Gasteiger partial charge in [0.1, 0.15) is 6.61 Å². The average molecular weight is 529 g/mol. The molecular weight excluding hydrogens is 506 g/mol. The Bertz CT molecular complexity index is 1170. The molecule has 0 aliphatic heterocycles. The molecule has 1 aliphatic rings. The van der Waals surface area contributed by atoms with E-state index in [9.17, 15) is 14.7 Å². The van der Waals surface area contributed by atoms with Crippen LogP contribution in [0.25, 0.3) is 11.1 Å². The van der Waals surface area contributed by atoms with Crippen molar-refractivity contribution >= 4 is 39.6 Å². The number of halogens is 2.